The van der Waals surface area contributed by atoms with Crippen LogP contribution < -0.4 is 5.32 Å². The van der Waals surface area contributed by atoms with Crippen LogP contribution in [0.15, 0.2) is 0 Å². The van der Waals surface area contributed by atoms with E-state index in [-0.39, 0.29) is 0 Å². The minimum absolute atomic E-state index is 0.294. The molecule has 1 heterocycles. The third-order valence-corrected chi connectivity index (χ3v) is 4.49. The van der Waals surface area contributed by atoms with Gasteiger partial charge < -0.3 is 10.4 Å². The van der Waals surface area contributed by atoms with Crippen molar-refractivity contribution in [2.24, 2.45) is 0 Å². The monoisotopic (exact) mass is 254 g/mol. The molecule has 18 heavy (non-hydrogen) atoms. The largest absolute Gasteiger partial charge is 0.481 e. The Labute approximate surface area is 110 Å². The second-order valence-corrected chi connectivity index (χ2v) is 5.81. The minimum Gasteiger partial charge on any atom is -0.481 e. The summed E-state index contributed by atoms with van der Waals surface area (Å²) in [5.74, 6) is -0.668. The highest BCUT2D eigenvalue weighted by Crippen LogP contribution is 2.29. The highest BCUT2D eigenvalue weighted by atomic mass is 16.4. The normalized spacial score (nSPS) is 31.4. The molecule has 0 amide bonds. The van der Waals surface area contributed by atoms with E-state index >= 15 is 0 Å². The molecule has 1 saturated carbocycles. The predicted octanol–water partition coefficient (Wildman–Crippen LogP) is 1.85. The highest BCUT2D eigenvalue weighted by molar-refractivity contribution is 5.66. The van der Waals surface area contributed by atoms with Gasteiger partial charge in [-0.15, -0.1) is 0 Å². The molecule has 2 fully saturated rings. The minimum atomic E-state index is -0.668. The van der Waals surface area contributed by atoms with E-state index in [2.05, 4.69) is 17.1 Å². The molecule has 1 aliphatic carbocycles. The molecule has 1 aliphatic heterocycles. The lowest BCUT2D eigenvalue weighted by molar-refractivity contribution is -0.137. The summed E-state index contributed by atoms with van der Waals surface area (Å²) in [6.45, 7) is 4.32. The zero-order valence-electron chi connectivity index (χ0n) is 11.4. The Balaban J connectivity index is 2.02. The van der Waals surface area contributed by atoms with Gasteiger partial charge in [0.05, 0.1) is 0 Å². The summed E-state index contributed by atoms with van der Waals surface area (Å²) in [7, 11) is 0. The van der Waals surface area contributed by atoms with Gasteiger partial charge in [0.25, 0.3) is 0 Å². The van der Waals surface area contributed by atoms with E-state index in [9.17, 15) is 4.79 Å². The average molecular weight is 254 g/mol. The predicted molar refractivity (Wildman–Crippen MR) is 71.7 cm³/mol. The molecule has 2 atom stereocenters. The third-order valence-electron chi connectivity index (χ3n) is 4.49. The maximum atomic E-state index is 10.8. The van der Waals surface area contributed by atoms with Crippen molar-refractivity contribution in [1.82, 2.24) is 10.2 Å². The number of nitrogens with one attached hydrogen (secondary N) is 1. The Morgan fingerprint density at radius 3 is 2.72 bits per heavy atom. The van der Waals surface area contributed by atoms with Gasteiger partial charge in [-0.1, -0.05) is 12.8 Å². The third kappa shape index (κ3) is 3.45. The first-order chi connectivity index (χ1) is 8.68. The SMILES string of the molecule is CC1CCNCC(CCC(=O)O)N1C1CCCC1. The van der Waals surface area contributed by atoms with Crippen LogP contribution >= 0.6 is 0 Å². The number of hydrogen-bond acceptors (Lipinski definition) is 3. The van der Waals surface area contributed by atoms with Crippen LogP contribution in [0.25, 0.3) is 0 Å². The van der Waals surface area contributed by atoms with Gasteiger partial charge in [0.1, 0.15) is 0 Å². The van der Waals surface area contributed by atoms with Crippen molar-refractivity contribution in [3.05, 3.63) is 0 Å². The van der Waals surface area contributed by atoms with Gasteiger partial charge in [-0.2, -0.15) is 0 Å². The summed E-state index contributed by atoms with van der Waals surface area (Å²) in [5, 5.41) is 12.4. The van der Waals surface area contributed by atoms with Crippen molar-refractivity contribution in [1.29, 1.82) is 0 Å². The molecule has 0 radical (unpaired) electrons. The summed E-state index contributed by atoms with van der Waals surface area (Å²) in [4.78, 5) is 13.4. The van der Waals surface area contributed by atoms with Gasteiger partial charge in [-0.05, 0) is 39.2 Å². The topological polar surface area (TPSA) is 52.6 Å². The number of nitrogens with zero attached hydrogens (tertiary/aromatic N) is 1. The number of rotatable bonds is 4. The lowest BCUT2D eigenvalue weighted by Crippen LogP contribution is -2.49. The quantitative estimate of drug-likeness (QED) is 0.804. The molecule has 2 rings (SSSR count). The van der Waals surface area contributed by atoms with Crippen molar-refractivity contribution >= 4 is 5.97 Å². The van der Waals surface area contributed by atoms with E-state index in [1.165, 1.54) is 32.1 Å². The van der Waals surface area contributed by atoms with Crippen LogP contribution in [0.4, 0.5) is 0 Å². The molecule has 0 spiro atoms. The number of carboxylic acids is 1. The number of carboxylic acid groups (broad SMARTS) is 1. The van der Waals surface area contributed by atoms with Gasteiger partial charge in [-0.3, -0.25) is 9.69 Å². The van der Waals surface area contributed by atoms with Gasteiger partial charge in [0, 0.05) is 31.1 Å². The molecule has 0 aromatic heterocycles. The fourth-order valence-electron chi connectivity index (χ4n) is 3.60. The Morgan fingerprint density at radius 1 is 1.33 bits per heavy atom. The number of aliphatic carboxylic acids is 1. The van der Waals surface area contributed by atoms with Crippen molar-refractivity contribution in [3.8, 4) is 0 Å². The lowest BCUT2D eigenvalue weighted by Gasteiger charge is -2.39. The van der Waals surface area contributed by atoms with Crippen molar-refractivity contribution in [2.45, 2.75) is 70.0 Å². The van der Waals surface area contributed by atoms with Crippen LogP contribution in [0.3, 0.4) is 0 Å². The molecule has 2 unspecified atom stereocenters. The van der Waals surface area contributed by atoms with Crippen LogP contribution in [-0.4, -0.2) is 47.2 Å². The molecule has 0 bridgehead atoms. The number of carbonyl (C=O) groups is 1. The summed E-state index contributed by atoms with van der Waals surface area (Å²) in [6.07, 6.45) is 7.54. The van der Waals surface area contributed by atoms with E-state index in [1.54, 1.807) is 0 Å². The van der Waals surface area contributed by atoms with E-state index in [0.717, 1.165) is 19.5 Å². The zero-order valence-corrected chi connectivity index (χ0v) is 11.4. The maximum Gasteiger partial charge on any atom is 0.303 e. The molecule has 2 N–H and O–H groups in total. The average Bonchev–Trinajstić information content (AvgIpc) is 2.78. The summed E-state index contributed by atoms with van der Waals surface area (Å²) in [5.41, 5.74) is 0. The lowest BCUT2D eigenvalue weighted by atomic mass is 10.0. The van der Waals surface area contributed by atoms with Crippen LogP contribution in [0, 0.1) is 0 Å². The summed E-state index contributed by atoms with van der Waals surface area (Å²) in [6, 6.07) is 1.68. The molecule has 2 aliphatic rings. The molecular formula is C14H26N2O2. The van der Waals surface area contributed by atoms with Crippen molar-refractivity contribution in [2.75, 3.05) is 13.1 Å². The molecule has 0 aromatic rings. The van der Waals surface area contributed by atoms with E-state index in [4.69, 9.17) is 5.11 Å². The van der Waals surface area contributed by atoms with Crippen molar-refractivity contribution < 1.29 is 9.90 Å². The Hall–Kier alpha value is -0.610. The van der Waals surface area contributed by atoms with Gasteiger partial charge in [0.2, 0.25) is 0 Å². The Morgan fingerprint density at radius 2 is 2.06 bits per heavy atom. The van der Waals surface area contributed by atoms with Crippen LogP contribution in [0.5, 0.6) is 0 Å². The molecule has 4 nitrogen and oxygen atoms in total. The van der Waals surface area contributed by atoms with Gasteiger partial charge in [-0.25, -0.2) is 0 Å². The van der Waals surface area contributed by atoms with E-state index in [1.807, 2.05) is 0 Å². The number of hydrogen-bond donors (Lipinski definition) is 2. The molecule has 104 valence electrons. The maximum absolute atomic E-state index is 10.8. The summed E-state index contributed by atoms with van der Waals surface area (Å²) < 4.78 is 0. The smallest absolute Gasteiger partial charge is 0.303 e. The Kier molecular flexibility index (Phi) is 5.01. The molecule has 0 aromatic carbocycles. The molecule has 4 heteroatoms. The zero-order chi connectivity index (χ0) is 13.0. The first kappa shape index (κ1) is 13.8. The second kappa shape index (κ2) is 6.53. The fourth-order valence-corrected chi connectivity index (χ4v) is 3.60. The second-order valence-electron chi connectivity index (χ2n) is 5.81. The fraction of sp³-hybridized carbons (Fsp3) is 0.929. The van der Waals surface area contributed by atoms with Gasteiger partial charge >= 0.3 is 5.97 Å². The first-order valence-electron chi connectivity index (χ1n) is 7.38. The van der Waals surface area contributed by atoms with Crippen LogP contribution in [-0.2, 0) is 4.79 Å². The molecular weight excluding hydrogens is 228 g/mol. The Bertz CT molecular complexity index is 277. The van der Waals surface area contributed by atoms with Crippen LogP contribution in [0.2, 0.25) is 0 Å². The van der Waals surface area contributed by atoms with Crippen LogP contribution in [0.1, 0.15) is 51.9 Å². The van der Waals surface area contributed by atoms with Crippen molar-refractivity contribution in [3.63, 3.8) is 0 Å². The summed E-state index contributed by atoms with van der Waals surface area (Å²) >= 11 is 0. The van der Waals surface area contributed by atoms with E-state index < -0.39 is 5.97 Å². The van der Waals surface area contributed by atoms with E-state index in [0.29, 0.717) is 24.5 Å². The highest BCUT2D eigenvalue weighted by Gasteiger charge is 2.33. The van der Waals surface area contributed by atoms with Gasteiger partial charge in [0.15, 0.2) is 0 Å². The first-order valence-corrected chi connectivity index (χ1v) is 7.38. The molecule has 1 saturated heterocycles. The standard InChI is InChI=1S/C14H26N2O2/c1-11-8-9-15-10-13(6-7-14(17)18)16(11)12-4-2-3-5-12/h11-13,15H,2-10H2,1H3,(H,17,18).